The minimum absolute atomic E-state index is 0.0602. The molecule has 0 saturated heterocycles. The Labute approximate surface area is 230 Å². The molecule has 1 aliphatic rings. The second-order valence-electron chi connectivity index (χ2n) is 10.7. The fraction of sp³-hybridized carbons (Fsp3) is 0.257. The van der Waals surface area contributed by atoms with Gasteiger partial charge in [0.1, 0.15) is 0 Å². The molecule has 2 N–H and O–H groups in total. The van der Waals surface area contributed by atoms with Gasteiger partial charge in [0.15, 0.2) is 0 Å². The molecule has 39 heavy (non-hydrogen) atoms. The van der Waals surface area contributed by atoms with Crippen molar-refractivity contribution in [3.05, 3.63) is 129 Å². The maximum atomic E-state index is 12.2. The van der Waals surface area contributed by atoms with Crippen LogP contribution in [-0.2, 0) is 5.41 Å². The van der Waals surface area contributed by atoms with Crippen molar-refractivity contribution in [3.8, 4) is 11.1 Å². The standard InChI is InChI=1S/C35H34O4/c1-5-21(3)29-19-23(15-17-27(29)33(36)37)35(24-16-18-28(34(38)39)30(20-24)22(4)6-2)31-13-9-7-11-25(31)26-12-8-10-14-32(26)35/h7-22H,5-6H2,1-4H3,(H,36,37)(H,38,39). The van der Waals surface area contributed by atoms with Crippen LogP contribution < -0.4 is 0 Å². The fourth-order valence-electron chi connectivity index (χ4n) is 6.26. The third-order valence-corrected chi connectivity index (χ3v) is 8.67. The molecular weight excluding hydrogens is 484 g/mol. The molecule has 0 bridgehead atoms. The number of carboxylic acids is 2. The Hall–Kier alpha value is -4.18. The first kappa shape index (κ1) is 26.4. The van der Waals surface area contributed by atoms with E-state index in [2.05, 4.69) is 64.1 Å². The quantitative estimate of drug-likeness (QED) is 0.216. The Bertz CT molecular complexity index is 1460. The summed E-state index contributed by atoms with van der Waals surface area (Å²) in [6, 6.07) is 28.3. The average Bonchev–Trinajstić information content (AvgIpc) is 3.26. The van der Waals surface area contributed by atoms with Gasteiger partial charge in [-0.05, 0) is 81.3 Å². The van der Waals surface area contributed by atoms with Crippen molar-refractivity contribution in [1.82, 2.24) is 0 Å². The molecule has 0 aromatic heterocycles. The summed E-state index contributed by atoms with van der Waals surface area (Å²) < 4.78 is 0. The third kappa shape index (κ3) is 4.06. The summed E-state index contributed by atoms with van der Waals surface area (Å²) in [4.78, 5) is 24.4. The Morgan fingerprint density at radius 3 is 1.38 bits per heavy atom. The van der Waals surface area contributed by atoms with E-state index in [-0.39, 0.29) is 11.8 Å². The lowest BCUT2D eigenvalue weighted by Gasteiger charge is -2.35. The molecule has 2 unspecified atom stereocenters. The first-order valence-corrected chi connectivity index (χ1v) is 13.7. The van der Waals surface area contributed by atoms with Gasteiger partial charge in [0.05, 0.1) is 16.5 Å². The number of carboxylic acid groups (broad SMARTS) is 2. The lowest BCUT2D eigenvalue weighted by molar-refractivity contribution is 0.0684. The fourth-order valence-corrected chi connectivity index (χ4v) is 6.26. The van der Waals surface area contributed by atoms with Gasteiger partial charge in [-0.1, -0.05) is 100 Å². The molecule has 2 atom stereocenters. The topological polar surface area (TPSA) is 74.6 Å². The summed E-state index contributed by atoms with van der Waals surface area (Å²) >= 11 is 0. The van der Waals surface area contributed by atoms with E-state index < -0.39 is 17.4 Å². The molecule has 0 amide bonds. The van der Waals surface area contributed by atoms with E-state index >= 15 is 0 Å². The van der Waals surface area contributed by atoms with Crippen molar-refractivity contribution < 1.29 is 19.8 Å². The zero-order chi connectivity index (χ0) is 27.9. The summed E-state index contributed by atoms with van der Waals surface area (Å²) in [6.07, 6.45) is 1.63. The number of carbonyl (C=O) groups is 2. The first-order valence-electron chi connectivity index (χ1n) is 13.7. The van der Waals surface area contributed by atoms with Gasteiger partial charge in [0.25, 0.3) is 0 Å². The van der Waals surface area contributed by atoms with Crippen molar-refractivity contribution >= 4 is 11.9 Å². The van der Waals surface area contributed by atoms with Crippen molar-refractivity contribution in [3.63, 3.8) is 0 Å². The van der Waals surface area contributed by atoms with Gasteiger partial charge in [-0.15, -0.1) is 0 Å². The molecule has 198 valence electrons. The average molecular weight is 519 g/mol. The van der Waals surface area contributed by atoms with Crippen LogP contribution in [0.5, 0.6) is 0 Å². The molecule has 0 spiro atoms. The highest BCUT2D eigenvalue weighted by Gasteiger charge is 2.46. The maximum Gasteiger partial charge on any atom is 0.335 e. The smallest absolute Gasteiger partial charge is 0.335 e. The van der Waals surface area contributed by atoms with Gasteiger partial charge >= 0.3 is 11.9 Å². The zero-order valence-corrected chi connectivity index (χ0v) is 22.9. The van der Waals surface area contributed by atoms with Gasteiger partial charge in [-0.25, -0.2) is 9.59 Å². The van der Waals surface area contributed by atoms with Crippen LogP contribution in [0.25, 0.3) is 11.1 Å². The number of benzene rings is 4. The van der Waals surface area contributed by atoms with Gasteiger partial charge in [-0.3, -0.25) is 0 Å². The van der Waals surface area contributed by atoms with Crippen LogP contribution in [-0.4, -0.2) is 22.2 Å². The highest BCUT2D eigenvalue weighted by atomic mass is 16.4. The lowest BCUT2D eigenvalue weighted by atomic mass is 9.66. The molecule has 0 aliphatic heterocycles. The highest BCUT2D eigenvalue weighted by molar-refractivity contribution is 5.92. The number of hydrogen-bond donors (Lipinski definition) is 2. The van der Waals surface area contributed by atoms with Crippen LogP contribution in [0.15, 0.2) is 84.9 Å². The van der Waals surface area contributed by atoms with E-state index in [4.69, 9.17) is 0 Å². The molecule has 1 aliphatic carbocycles. The minimum atomic E-state index is -0.928. The summed E-state index contributed by atoms with van der Waals surface area (Å²) in [5.74, 6) is -1.74. The second kappa shape index (κ2) is 10.2. The van der Waals surface area contributed by atoms with Gasteiger partial charge in [-0.2, -0.15) is 0 Å². The lowest BCUT2D eigenvalue weighted by Crippen LogP contribution is -2.29. The zero-order valence-electron chi connectivity index (χ0n) is 22.9. The van der Waals surface area contributed by atoms with E-state index in [0.29, 0.717) is 11.1 Å². The van der Waals surface area contributed by atoms with E-state index in [1.807, 2.05) is 36.4 Å². The summed E-state index contributed by atoms with van der Waals surface area (Å²) in [5, 5.41) is 20.0. The number of aromatic carboxylic acids is 2. The van der Waals surface area contributed by atoms with Crippen LogP contribution in [0.3, 0.4) is 0 Å². The van der Waals surface area contributed by atoms with Crippen molar-refractivity contribution in [1.29, 1.82) is 0 Å². The molecule has 4 aromatic rings. The predicted octanol–water partition coefficient (Wildman–Crippen LogP) is 8.47. The molecule has 5 rings (SSSR count). The molecule has 0 heterocycles. The largest absolute Gasteiger partial charge is 0.478 e. The molecule has 0 fully saturated rings. The van der Waals surface area contributed by atoms with Crippen LogP contribution in [0, 0.1) is 0 Å². The monoisotopic (exact) mass is 518 g/mol. The van der Waals surface area contributed by atoms with Gasteiger partial charge in [0.2, 0.25) is 0 Å². The maximum absolute atomic E-state index is 12.2. The van der Waals surface area contributed by atoms with Crippen LogP contribution in [0.2, 0.25) is 0 Å². The van der Waals surface area contributed by atoms with Crippen molar-refractivity contribution in [2.45, 2.75) is 57.8 Å². The minimum Gasteiger partial charge on any atom is -0.478 e. The summed E-state index contributed by atoms with van der Waals surface area (Å²) in [5.41, 5.74) is 8.00. The number of rotatable bonds is 8. The number of hydrogen-bond acceptors (Lipinski definition) is 2. The van der Waals surface area contributed by atoms with Crippen LogP contribution >= 0.6 is 0 Å². The molecule has 0 radical (unpaired) electrons. The van der Waals surface area contributed by atoms with Gasteiger partial charge in [0, 0.05) is 0 Å². The Morgan fingerprint density at radius 1 is 0.641 bits per heavy atom. The number of fused-ring (bicyclic) bond motifs is 3. The molecule has 4 aromatic carbocycles. The summed E-state index contributed by atoms with van der Waals surface area (Å²) in [6.45, 7) is 8.28. The SMILES string of the molecule is CCC(C)c1cc(C2(c3ccc(C(=O)O)c(C(C)CC)c3)c3ccccc3-c3ccccc32)ccc1C(=O)O. The summed E-state index contributed by atoms with van der Waals surface area (Å²) in [7, 11) is 0. The van der Waals surface area contributed by atoms with E-state index in [1.165, 1.54) is 0 Å². The van der Waals surface area contributed by atoms with Crippen LogP contribution in [0.4, 0.5) is 0 Å². The first-order chi connectivity index (χ1) is 18.7. The third-order valence-electron chi connectivity index (χ3n) is 8.67. The van der Waals surface area contributed by atoms with E-state index in [1.54, 1.807) is 12.1 Å². The molecule has 4 nitrogen and oxygen atoms in total. The Morgan fingerprint density at radius 2 is 1.03 bits per heavy atom. The van der Waals surface area contributed by atoms with E-state index in [9.17, 15) is 19.8 Å². The highest BCUT2D eigenvalue weighted by Crippen LogP contribution is 2.56. The molecule has 4 heteroatoms. The van der Waals surface area contributed by atoms with Gasteiger partial charge < -0.3 is 10.2 Å². The normalized spacial score (nSPS) is 14.8. The molecular formula is C35H34O4. The Kier molecular flexibility index (Phi) is 6.90. The van der Waals surface area contributed by atoms with Crippen molar-refractivity contribution in [2.75, 3.05) is 0 Å². The second-order valence-corrected chi connectivity index (χ2v) is 10.7. The van der Waals surface area contributed by atoms with Crippen LogP contribution in [0.1, 0.15) is 106 Å². The Balaban J connectivity index is 1.93. The predicted molar refractivity (Wildman–Crippen MR) is 155 cm³/mol. The molecule has 0 saturated carbocycles. The van der Waals surface area contributed by atoms with E-state index in [0.717, 1.165) is 57.3 Å². The van der Waals surface area contributed by atoms with Crippen molar-refractivity contribution in [2.24, 2.45) is 0 Å².